The van der Waals surface area contributed by atoms with E-state index in [0.29, 0.717) is 0 Å². The second-order valence-corrected chi connectivity index (χ2v) is 4.40. The van der Waals surface area contributed by atoms with Crippen molar-refractivity contribution in [1.29, 1.82) is 0 Å². The van der Waals surface area contributed by atoms with E-state index in [9.17, 15) is 19.2 Å². The summed E-state index contributed by atoms with van der Waals surface area (Å²) in [7, 11) is 0. The van der Waals surface area contributed by atoms with Crippen LogP contribution in [0.4, 0.5) is 0 Å². The number of carboxylic acid groups (broad SMARTS) is 1. The van der Waals surface area contributed by atoms with E-state index >= 15 is 0 Å². The molecule has 21 heavy (non-hydrogen) atoms. The van der Waals surface area contributed by atoms with Gasteiger partial charge in [-0.05, 0) is 0 Å². The molecule has 0 aliphatic carbocycles. The van der Waals surface area contributed by atoms with Crippen molar-refractivity contribution >= 4 is 23.9 Å². The molecule has 1 aliphatic heterocycles. The van der Waals surface area contributed by atoms with Gasteiger partial charge in [0.25, 0.3) is 0 Å². The molecule has 0 radical (unpaired) electrons. The maximum absolute atomic E-state index is 11.1. The fourth-order valence-electron chi connectivity index (χ4n) is 1.88. The number of carbonyl (C=O) groups is 4. The minimum Gasteiger partial charge on any atom is -0.479 e. The Kier molecular flexibility index (Phi) is 5.65. The first-order valence-corrected chi connectivity index (χ1v) is 6.10. The zero-order chi connectivity index (χ0) is 16.2. The minimum absolute atomic E-state index is 0.232. The summed E-state index contributed by atoms with van der Waals surface area (Å²) in [4.78, 5) is 44.3. The predicted molar refractivity (Wildman–Crippen MR) is 63.8 cm³/mol. The Morgan fingerprint density at radius 3 is 1.90 bits per heavy atom. The van der Waals surface area contributed by atoms with Gasteiger partial charge >= 0.3 is 23.9 Å². The number of ether oxygens (including phenoxy) is 4. The standard InChI is InChI=1S/C12H16O9/c1-5(13)18-8-4-9(11(16)17)21-12(20-7(3)15)10(8)19-6(2)14/h8-10,12H,4H2,1-3H3,(H,16,17)/t8-,9-,10+,12-/m0/s1. The highest BCUT2D eigenvalue weighted by molar-refractivity contribution is 5.73. The van der Waals surface area contributed by atoms with Crippen LogP contribution < -0.4 is 0 Å². The Bertz CT molecular complexity index is 418. The Labute approximate surface area is 120 Å². The molecule has 9 nitrogen and oxygen atoms in total. The summed E-state index contributed by atoms with van der Waals surface area (Å²) in [5.41, 5.74) is 0. The third kappa shape index (κ3) is 5.03. The second-order valence-electron chi connectivity index (χ2n) is 4.40. The van der Waals surface area contributed by atoms with Crippen LogP contribution in [0, 0.1) is 0 Å². The van der Waals surface area contributed by atoms with Gasteiger partial charge in [0, 0.05) is 27.2 Å². The summed E-state index contributed by atoms with van der Waals surface area (Å²) in [6.45, 7) is 3.31. The second kappa shape index (κ2) is 7.02. The van der Waals surface area contributed by atoms with E-state index in [4.69, 9.17) is 24.1 Å². The quantitative estimate of drug-likeness (QED) is 0.546. The van der Waals surface area contributed by atoms with Crippen molar-refractivity contribution in [2.45, 2.75) is 51.8 Å². The Morgan fingerprint density at radius 2 is 1.48 bits per heavy atom. The number of hydrogen-bond donors (Lipinski definition) is 1. The van der Waals surface area contributed by atoms with Crippen LogP contribution in [0.5, 0.6) is 0 Å². The highest BCUT2D eigenvalue weighted by Crippen LogP contribution is 2.27. The topological polar surface area (TPSA) is 125 Å². The maximum Gasteiger partial charge on any atom is 0.333 e. The fourth-order valence-corrected chi connectivity index (χ4v) is 1.88. The smallest absolute Gasteiger partial charge is 0.333 e. The fraction of sp³-hybridized carbons (Fsp3) is 0.667. The molecule has 1 heterocycles. The summed E-state index contributed by atoms with van der Waals surface area (Å²) in [5.74, 6) is -3.48. The monoisotopic (exact) mass is 304 g/mol. The van der Waals surface area contributed by atoms with Crippen LogP contribution in [-0.4, -0.2) is 53.6 Å². The van der Waals surface area contributed by atoms with Gasteiger partial charge in [-0.25, -0.2) is 4.79 Å². The number of carboxylic acids is 1. The summed E-state index contributed by atoms with van der Waals surface area (Å²) in [5, 5.41) is 9.00. The van der Waals surface area contributed by atoms with Crippen molar-refractivity contribution in [3.05, 3.63) is 0 Å². The SMILES string of the molecule is CC(=O)O[C@H]1O[C@H](C(=O)O)C[C@H](OC(C)=O)[C@H]1OC(C)=O. The van der Waals surface area contributed by atoms with E-state index in [1.165, 1.54) is 0 Å². The van der Waals surface area contributed by atoms with E-state index in [1.54, 1.807) is 0 Å². The van der Waals surface area contributed by atoms with Gasteiger partial charge in [0.15, 0.2) is 6.10 Å². The number of hydrogen-bond acceptors (Lipinski definition) is 8. The molecular formula is C12H16O9. The minimum atomic E-state index is -1.47. The molecule has 0 aromatic carbocycles. The zero-order valence-electron chi connectivity index (χ0n) is 11.7. The van der Waals surface area contributed by atoms with Crippen LogP contribution in [0.25, 0.3) is 0 Å². The van der Waals surface area contributed by atoms with Crippen LogP contribution in [0.1, 0.15) is 27.2 Å². The number of esters is 3. The number of aliphatic carboxylic acids is 1. The van der Waals surface area contributed by atoms with Crippen LogP contribution in [0.15, 0.2) is 0 Å². The van der Waals surface area contributed by atoms with E-state index in [1.807, 2.05) is 0 Å². The molecule has 0 aromatic rings. The van der Waals surface area contributed by atoms with Crippen molar-refractivity contribution < 1.29 is 43.2 Å². The summed E-state index contributed by atoms with van der Waals surface area (Å²) < 4.78 is 19.8. The normalized spacial score (nSPS) is 28.3. The lowest BCUT2D eigenvalue weighted by Crippen LogP contribution is -2.54. The van der Waals surface area contributed by atoms with Gasteiger partial charge in [0.1, 0.15) is 6.10 Å². The van der Waals surface area contributed by atoms with Gasteiger partial charge < -0.3 is 24.1 Å². The zero-order valence-corrected chi connectivity index (χ0v) is 11.7. The predicted octanol–water partition coefficient (Wildman–Crippen LogP) is -0.387. The Balaban J connectivity index is 3.01. The highest BCUT2D eigenvalue weighted by Gasteiger charge is 2.47. The third-order valence-electron chi connectivity index (χ3n) is 2.56. The number of carbonyl (C=O) groups excluding carboxylic acids is 3. The van der Waals surface area contributed by atoms with Gasteiger partial charge in [-0.15, -0.1) is 0 Å². The molecule has 1 aliphatic rings. The third-order valence-corrected chi connectivity index (χ3v) is 2.56. The van der Waals surface area contributed by atoms with Gasteiger partial charge in [-0.1, -0.05) is 0 Å². The van der Waals surface area contributed by atoms with Gasteiger partial charge in [-0.3, -0.25) is 14.4 Å². The van der Waals surface area contributed by atoms with E-state index in [0.717, 1.165) is 20.8 Å². The van der Waals surface area contributed by atoms with Crippen molar-refractivity contribution in [2.75, 3.05) is 0 Å². The van der Waals surface area contributed by atoms with Gasteiger partial charge in [-0.2, -0.15) is 0 Å². The molecule has 1 N–H and O–H groups in total. The first kappa shape index (κ1) is 16.9. The molecule has 0 amide bonds. The highest BCUT2D eigenvalue weighted by atomic mass is 16.7. The molecule has 118 valence electrons. The summed E-state index contributed by atoms with van der Waals surface area (Å²) in [6.07, 6.45) is -5.38. The maximum atomic E-state index is 11.1. The largest absolute Gasteiger partial charge is 0.479 e. The first-order chi connectivity index (χ1) is 9.70. The summed E-state index contributed by atoms with van der Waals surface area (Å²) >= 11 is 0. The first-order valence-electron chi connectivity index (χ1n) is 6.10. The van der Waals surface area contributed by atoms with Crippen LogP contribution in [-0.2, 0) is 38.1 Å². The van der Waals surface area contributed by atoms with Gasteiger partial charge in [0.05, 0.1) is 0 Å². The average molecular weight is 304 g/mol. The van der Waals surface area contributed by atoms with E-state index < -0.39 is 48.5 Å². The molecule has 0 bridgehead atoms. The molecular weight excluding hydrogens is 288 g/mol. The molecule has 1 saturated heterocycles. The Hall–Kier alpha value is -2.16. The van der Waals surface area contributed by atoms with Crippen molar-refractivity contribution in [2.24, 2.45) is 0 Å². The Morgan fingerprint density at radius 1 is 0.952 bits per heavy atom. The van der Waals surface area contributed by atoms with Crippen LogP contribution in [0.3, 0.4) is 0 Å². The summed E-state index contributed by atoms with van der Waals surface area (Å²) in [6, 6.07) is 0. The molecule has 1 fully saturated rings. The van der Waals surface area contributed by atoms with Crippen molar-refractivity contribution in [3.8, 4) is 0 Å². The lowest BCUT2D eigenvalue weighted by atomic mass is 10.0. The molecule has 9 heteroatoms. The van der Waals surface area contributed by atoms with E-state index in [2.05, 4.69) is 0 Å². The molecule has 0 aromatic heterocycles. The molecule has 0 spiro atoms. The molecule has 1 rings (SSSR count). The van der Waals surface area contributed by atoms with Crippen molar-refractivity contribution in [1.82, 2.24) is 0 Å². The van der Waals surface area contributed by atoms with Gasteiger partial charge in [0.2, 0.25) is 12.4 Å². The van der Waals surface area contributed by atoms with Crippen LogP contribution in [0.2, 0.25) is 0 Å². The molecule has 0 unspecified atom stereocenters. The number of rotatable bonds is 4. The lowest BCUT2D eigenvalue weighted by molar-refractivity contribution is -0.266. The van der Waals surface area contributed by atoms with Crippen LogP contribution >= 0.6 is 0 Å². The molecule has 4 atom stereocenters. The van der Waals surface area contributed by atoms with E-state index in [-0.39, 0.29) is 6.42 Å². The lowest BCUT2D eigenvalue weighted by Gasteiger charge is -2.38. The molecule has 0 saturated carbocycles. The average Bonchev–Trinajstić information content (AvgIpc) is 2.30. The van der Waals surface area contributed by atoms with Crippen molar-refractivity contribution in [3.63, 3.8) is 0 Å².